The second kappa shape index (κ2) is 9.09. The van der Waals surface area contributed by atoms with Crippen molar-refractivity contribution in [3.8, 4) is 11.1 Å². The smallest absolute Gasteiger partial charge is 0.407 e. The van der Waals surface area contributed by atoms with E-state index in [0.29, 0.717) is 0 Å². The van der Waals surface area contributed by atoms with Crippen LogP contribution in [0.1, 0.15) is 17.0 Å². The Morgan fingerprint density at radius 1 is 1.00 bits per heavy atom. The van der Waals surface area contributed by atoms with E-state index in [1.807, 2.05) is 53.8 Å². The summed E-state index contributed by atoms with van der Waals surface area (Å²) in [5, 5.41) is 21.0. The molecule has 164 valence electrons. The van der Waals surface area contributed by atoms with Crippen molar-refractivity contribution < 1.29 is 38.1 Å². The van der Waals surface area contributed by atoms with Gasteiger partial charge in [0.25, 0.3) is 5.91 Å². The number of carboxylic acids is 1. The number of rotatable bonds is 8. The number of hydrogen-bond donors (Lipinski definition) is 4. The van der Waals surface area contributed by atoms with Crippen molar-refractivity contribution in [3.63, 3.8) is 0 Å². The minimum atomic E-state index is -4.02. The van der Waals surface area contributed by atoms with Crippen LogP contribution in [-0.4, -0.2) is 59.9 Å². The number of alkyl carbamates (subject to hydrolysis) is 1. The molecule has 0 fully saturated rings. The van der Waals surface area contributed by atoms with Crippen molar-refractivity contribution in [2.75, 3.05) is 19.7 Å². The largest absolute Gasteiger partial charge is 0.479 e. The Labute approximate surface area is 175 Å². The molecule has 0 spiro atoms. The first kappa shape index (κ1) is 22.2. The maximum atomic E-state index is 13.9. The molecule has 8 nitrogen and oxygen atoms in total. The van der Waals surface area contributed by atoms with Crippen LogP contribution < -0.4 is 10.6 Å². The third-order valence-corrected chi connectivity index (χ3v) is 4.87. The van der Waals surface area contributed by atoms with E-state index < -0.39 is 43.1 Å². The average Bonchev–Trinajstić information content (AvgIpc) is 3.08. The zero-order chi connectivity index (χ0) is 22.6. The van der Waals surface area contributed by atoms with Crippen molar-refractivity contribution in [2.24, 2.45) is 0 Å². The van der Waals surface area contributed by atoms with Gasteiger partial charge >= 0.3 is 18.0 Å². The first-order chi connectivity index (χ1) is 14.7. The minimum absolute atomic E-state index is 0.0809. The molecule has 0 saturated carbocycles. The van der Waals surface area contributed by atoms with Gasteiger partial charge in [0.15, 0.2) is 6.10 Å². The topological polar surface area (TPSA) is 125 Å². The summed E-state index contributed by atoms with van der Waals surface area (Å²) in [5.41, 5.74) is 3.94. The van der Waals surface area contributed by atoms with Crippen LogP contribution in [0.3, 0.4) is 0 Å². The molecule has 1 aliphatic carbocycles. The molecule has 0 aromatic heterocycles. The third-order valence-electron chi connectivity index (χ3n) is 4.87. The highest BCUT2D eigenvalue weighted by Crippen LogP contribution is 2.44. The number of aliphatic carboxylic acids is 1. The number of halogens is 2. The Balaban J connectivity index is 1.54. The number of carbonyl (C=O) groups is 3. The Kier molecular flexibility index (Phi) is 6.50. The standard InChI is InChI=1S/C21H20F2N2O6/c22-21(23,19(29)24-9-17(26)18(27)28)11-25-20(30)31-10-16-14-7-3-1-5-12(14)13-6-2-4-8-15(13)16/h1-8,16-17,26H,9-11H2,(H,24,29)(H,25,30)(H,27,28)/t17-/m0/s1. The van der Waals surface area contributed by atoms with Crippen molar-refractivity contribution in [1.29, 1.82) is 0 Å². The first-order valence-corrected chi connectivity index (χ1v) is 9.36. The van der Waals surface area contributed by atoms with Crippen molar-refractivity contribution >= 4 is 18.0 Å². The summed E-state index contributed by atoms with van der Waals surface area (Å²) in [7, 11) is 0. The molecule has 2 aromatic carbocycles. The molecule has 4 N–H and O–H groups in total. The summed E-state index contributed by atoms with van der Waals surface area (Å²) < 4.78 is 32.8. The number of carboxylic acid groups (broad SMARTS) is 1. The van der Waals surface area contributed by atoms with E-state index in [1.54, 1.807) is 5.32 Å². The van der Waals surface area contributed by atoms with Crippen molar-refractivity contribution in [1.82, 2.24) is 10.6 Å². The number of aliphatic hydroxyl groups is 1. The Hall–Kier alpha value is -3.53. The number of aliphatic hydroxyl groups excluding tert-OH is 1. The van der Waals surface area contributed by atoms with Crippen LogP contribution in [0.5, 0.6) is 0 Å². The number of hydrogen-bond acceptors (Lipinski definition) is 5. The lowest BCUT2D eigenvalue weighted by atomic mass is 9.98. The van der Waals surface area contributed by atoms with E-state index in [-0.39, 0.29) is 12.5 Å². The fraction of sp³-hybridized carbons (Fsp3) is 0.286. The summed E-state index contributed by atoms with van der Waals surface area (Å²) in [6, 6.07) is 15.2. The van der Waals surface area contributed by atoms with Crippen LogP contribution in [-0.2, 0) is 14.3 Å². The predicted molar refractivity (Wildman–Crippen MR) is 105 cm³/mol. The molecule has 10 heteroatoms. The van der Waals surface area contributed by atoms with Gasteiger partial charge < -0.3 is 25.6 Å². The molecule has 0 saturated heterocycles. The normalized spacial score (nSPS) is 13.6. The van der Waals surface area contributed by atoms with Gasteiger partial charge in [-0.3, -0.25) is 4.79 Å². The number of fused-ring (bicyclic) bond motifs is 3. The lowest BCUT2D eigenvalue weighted by molar-refractivity contribution is -0.149. The molecular weight excluding hydrogens is 414 g/mol. The predicted octanol–water partition coefficient (Wildman–Crippen LogP) is 1.72. The summed E-state index contributed by atoms with van der Waals surface area (Å²) >= 11 is 0. The summed E-state index contributed by atoms with van der Waals surface area (Å²) in [6.45, 7) is -2.32. The van der Waals surface area contributed by atoms with Crippen LogP contribution in [0.2, 0.25) is 0 Å². The number of nitrogens with one attached hydrogen (secondary N) is 2. The Bertz CT molecular complexity index is 952. The maximum Gasteiger partial charge on any atom is 0.407 e. The molecule has 2 amide bonds. The van der Waals surface area contributed by atoms with E-state index in [2.05, 4.69) is 0 Å². The molecule has 0 radical (unpaired) electrons. The highest BCUT2D eigenvalue weighted by molar-refractivity contribution is 5.85. The Morgan fingerprint density at radius 2 is 1.55 bits per heavy atom. The SMILES string of the molecule is O=C(NCC(F)(F)C(=O)NC[C@H](O)C(=O)O)OCC1c2ccccc2-c2ccccc21. The molecular formula is C21H20F2N2O6. The number of alkyl halides is 2. The zero-order valence-corrected chi connectivity index (χ0v) is 16.2. The van der Waals surface area contributed by atoms with Gasteiger partial charge in [0.2, 0.25) is 0 Å². The van der Waals surface area contributed by atoms with Gasteiger partial charge in [0.1, 0.15) is 6.61 Å². The van der Waals surface area contributed by atoms with Gasteiger partial charge in [-0.2, -0.15) is 8.78 Å². The van der Waals surface area contributed by atoms with Gasteiger partial charge in [0, 0.05) is 5.92 Å². The monoisotopic (exact) mass is 434 g/mol. The number of carbonyl (C=O) groups excluding carboxylic acids is 2. The fourth-order valence-electron chi connectivity index (χ4n) is 3.32. The van der Waals surface area contributed by atoms with Gasteiger partial charge in [-0.05, 0) is 22.3 Å². The first-order valence-electron chi connectivity index (χ1n) is 9.36. The average molecular weight is 434 g/mol. The molecule has 2 aromatic rings. The number of ether oxygens (including phenoxy) is 1. The lowest BCUT2D eigenvalue weighted by Crippen LogP contribution is -2.50. The van der Waals surface area contributed by atoms with Crippen LogP contribution >= 0.6 is 0 Å². The summed E-state index contributed by atoms with van der Waals surface area (Å²) in [5.74, 6) is -7.77. The summed E-state index contributed by atoms with van der Waals surface area (Å²) in [6.07, 6.45) is -3.14. The molecule has 1 atom stereocenters. The Morgan fingerprint density at radius 3 is 2.10 bits per heavy atom. The van der Waals surface area contributed by atoms with Crippen molar-refractivity contribution in [3.05, 3.63) is 59.7 Å². The van der Waals surface area contributed by atoms with Crippen LogP contribution in [0.15, 0.2) is 48.5 Å². The molecule has 1 aliphatic rings. The highest BCUT2D eigenvalue weighted by atomic mass is 19.3. The van der Waals surface area contributed by atoms with Crippen molar-refractivity contribution in [2.45, 2.75) is 17.9 Å². The molecule has 0 aliphatic heterocycles. The molecule has 0 bridgehead atoms. The summed E-state index contributed by atoms with van der Waals surface area (Å²) in [4.78, 5) is 33.9. The zero-order valence-electron chi connectivity index (χ0n) is 16.2. The van der Waals surface area contributed by atoms with Gasteiger partial charge in [-0.25, -0.2) is 9.59 Å². The molecule has 3 rings (SSSR count). The second-order valence-electron chi connectivity index (χ2n) is 6.95. The van der Waals surface area contributed by atoms with E-state index in [1.165, 1.54) is 0 Å². The van der Waals surface area contributed by atoms with E-state index in [4.69, 9.17) is 14.9 Å². The maximum absolute atomic E-state index is 13.9. The van der Waals surface area contributed by atoms with Gasteiger partial charge in [-0.1, -0.05) is 48.5 Å². The quantitative estimate of drug-likeness (QED) is 0.502. The second-order valence-corrected chi connectivity index (χ2v) is 6.95. The highest BCUT2D eigenvalue weighted by Gasteiger charge is 2.39. The van der Waals surface area contributed by atoms with Crippen LogP contribution in [0, 0.1) is 0 Å². The molecule has 0 unspecified atom stereocenters. The number of benzene rings is 2. The molecule has 0 heterocycles. The van der Waals surface area contributed by atoms with Gasteiger partial charge in [-0.15, -0.1) is 0 Å². The number of amides is 2. The van der Waals surface area contributed by atoms with E-state index in [9.17, 15) is 23.2 Å². The van der Waals surface area contributed by atoms with E-state index >= 15 is 0 Å². The van der Waals surface area contributed by atoms with Crippen LogP contribution in [0.4, 0.5) is 13.6 Å². The van der Waals surface area contributed by atoms with Gasteiger partial charge in [0.05, 0.1) is 13.1 Å². The van der Waals surface area contributed by atoms with E-state index in [0.717, 1.165) is 22.3 Å². The van der Waals surface area contributed by atoms with Crippen LogP contribution in [0.25, 0.3) is 11.1 Å². The fourth-order valence-corrected chi connectivity index (χ4v) is 3.32. The molecule has 31 heavy (non-hydrogen) atoms. The minimum Gasteiger partial charge on any atom is -0.479 e. The lowest BCUT2D eigenvalue weighted by Gasteiger charge is -2.18. The third kappa shape index (κ3) is 4.97.